The van der Waals surface area contributed by atoms with Crippen LogP contribution in [0.5, 0.6) is 0 Å². The molecule has 0 atom stereocenters. The van der Waals surface area contributed by atoms with Gasteiger partial charge in [0.1, 0.15) is 0 Å². The summed E-state index contributed by atoms with van der Waals surface area (Å²) in [4.78, 5) is 4.67. The molecule has 0 saturated heterocycles. The molecule has 0 aliphatic heterocycles. The maximum Gasteiger partial charge on any atom is 0.0468 e. The van der Waals surface area contributed by atoms with E-state index >= 15 is 0 Å². The van der Waals surface area contributed by atoms with Gasteiger partial charge in [-0.3, -0.25) is 0 Å². The monoisotopic (exact) mass is 740 g/mol. The van der Waals surface area contributed by atoms with Crippen LogP contribution in [0.1, 0.15) is 0 Å². The molecule has 0 unspecified atom stereocenters. The Kier molecular flexibility index (Phi) is 9.27. The molecule has 0 spiro atoms. The summed E-state index contributed by atoms with van der Waals surface area (Å²) >= 11 is 0. The minimum absolute atomic E-state index is 1.10. The molecule has 0 bridgehead atoms. The number of benzene rings is 10. The van der Waals surface area contributed by atoms with Crippen LogP contribution in [-0.4, -0.2) is 0 Å². The van der Waals surface area contributed by atoms with Gasteiger partial charge < -0.3 is 9.80 Å². The van der Waals surface area contributed by atoms with Gasteiger partial charge in [0.05, 0.1) is 0 Å². The van der Waals surface area contributed by atoms with Crippen molar-refractivity contribution >= 4 is 55.7 Å². The summed E-state index contributed by atoms with van der Waals surface area (Å²) in [7, 11) is 0. The molecule has 0 fully saturated rings. The van der Waals surface area contributed by atoms with Gasteiger partial charge in [-0.25, -0.2) is 0 Å². The zero-order valence-electron chi connectivity index (χ0n) is 32.0. The maximum absolute atomic E-state index is 2.35. The third-order valence-electron chi connectivity index (χ3n) is 11.0. The lowest BCUT2D eigenvalue weighted by molar-refractivity contribution is 1.29. The first-order valence-electron chi connectivity index (χ1n) is 19.8. The first-order chi connectivity index (χ1) is 28.7. The van der Waals surface area contributed by atoms with Crippen molar-refractivity contribution < 1.29 is 0 Å². The van der Waals surface area contributed by atoms with Crippen LogP contribution in [0, 0.1) is 0 Å². The smallest absolute Gasteiger partial charge is 0.0468 e. The molecule has 0 heterocycles. The van der Waals surface area contributed by atoms with E-state index in [9.17, 15) is 0 Å². The molecule has 10 rings (SSSR count). The fourth-order valence-corrected chi connectivity index (χ4v) is 8.02. The maximum atomic E-state index is 2.35. The van der Waals surface area contributed by atoms with Gasteiger partial charge in [-0.15, -0.1) is 0 Å². The number of nitrogens with zero attached hydrogens (tertiary/aromatic N) is 2. The zero-order valence-corrected chi connectivity index (χ0v) is 32.0. The lowest BCUT2D eigenvalue weighted by atomic mass is 9.98. The summed E-state index contributed by atoms with van der Waals surface area (Å²) in [6.07, 6.45) is 0. The minimum Gasteiger partial charge on any atom is -0.310 e. The van der Waals surface area contributed by atoms with E-state index in [0.717, 1.165) is 34.1 Å². The summed E-state index contributed by atoms with van der Waals surface area (Å²) in [5, 5.41) is 4.91. The van der Waals surface area contributed by atoms with Crippen molar-refractivity contribution in [3.8, 4) is 33.4 Å². The van der Waals surface area contributed by atoms with E-state index in [1.165, 1.54) is 54.9 Å². The average molecular weight is 741 g/mol. The van der Waals surface area contributed by atoms with E-state index in [4.69, 9.17) is 0 Å². The molecule has 58 heavy (non-hydrogen) atoms. The Hall–Kier alpha value is -7.68. The van der Waals surface area contributed by atoms with Crippen molar-refractivity contribution in [2.75, 3.05) is 9.80 Å². The topological polar surface area (TPSA) is 6.48 Å². The molecule has 0 amide bonds. The zero-order chi connectivity index (χ0) is 38.7. The Bertz CT molecular complexity index is 2970. The lowest BCUT2D eigenvalue weighted by Gasteiger charge is -2.26. The number of para-hydroxylation sites is 1. The Balaban J connectivity index is 0.954. The van der Waals surface area contributed by atoms with Crippen LogP contribution in [0.4, 0.5) is 34.1 Å². The van der Waals surface area contributed by atoms with Gasteiger partial charge in [0.15, 0.2) is 0 Å². The van der Waals surface area contributed by atoms with Gasteiger partial charge in [0, 0.05) is 34.1 Å². The molecule has 0 N–H and O–H groups in total. The first kappa shape index (κ1) is 34.8. The fourth-order valence-electron chi connectivity index (χ4n) is 8.02. The Morgan fingerprint density at radius 2 is 0.483 bits per heavy atom. The molecule has 274 valence electrons. The molecule has 0 aromatic heterocycles. The molecule has 0 saturated carbocycles. The highest BCUT2D eigenvalue weighted by Gasteiger charge is 2.16. The standard InChI is InChI=1S/C56H40N2/c1-3-12-41(13-4-1)44-22-30-53(31-23-44)58(56-37-29-43-15-8-10-17-50(43)40-56)54-34-26-46(27-35-54)48-19-11-18-47(38-48)45-24-32-52(33-25-45)57(51-20-5-2-6-21-51)55-36-28-42-14-7-9-16-49(42)39-55/h1-40H. The Morgan fingerprint density at radius 3 is 0.931 bits per heavy atom. The van der Waals surface area contributed by atoms with Crippen molar-refractivity contribution in [1.82, 2.24) is 0 Å². The van der Waals surface area contributed by atoms with Gasteiger partial charge in [0.25, 0.3) is 0 Å². The van der Waals surface area contributed by atoms with E-state index < -0.39 is 0 Å². The second-order valence-electron chi connectivity index (χ2n) is 14.7. The molecule has 10 aromatic carbocycles. The van der Waals surface area contributed by atoms with Crippen LogP contribution in [0.25, 0.3) is 54.9 Å². The SMILES string of the molecule is c1ccc(-c2ccc(N(c3ccc(-c4cccc(-c5ccc(N(c6ccccc6)c6ccc7ccccc7c6)cc5)c4)cc3)c3ccc4ccccc4c3)cc2)cc1. The third-order valence-corrected chi connectivity index (χ3v) is 11.0. The molecule has 0 aliphatic carbocycles. The number of anilines is 6. The lowest BCUT2D eigenvalue weighted by Crippen LogP contribution is -2.09. The predicted octanol–water partition coefficient (Wildman–Crippen LogP) is 15.9. The summed E-state index contributed by atoms with van der Waals surface area (Å²) in [6, 6.07) is 87.3. The highest BCUT2D eigenvalue weighted by atomic mass is 15.1. The van der Waals surface area contributed by atoms with Gasteiger partial charge in [-0.1, -0.05) is 164 Å². The van der Waals surface area contributed by atoms with Gasteiger partial charge in [-0.05, 0) is 134 Å². The number of hydrogen-bond donors (Lipinski definition) is 0. The van der Waals surface area contributed by atoms with Gasteiger partial charge in [0.2, 0.25) is 0 Å². The van der Waals surface area contributed by atoms with Crippen molar-refractivity contribution in [3.05, 3.63) is 243 Å². The van der Waals surface area contributed by atoms with Crippen LogP contribution in [0.3, 0.4) is 0 Å². The van der Waals surface area contributed by atoms with Crippen LogP contribution in [-0.2, 0) is 0 Å². The number of hydrogen-bond acceptors (Lipinski definition) is 2. The van der Waals surface area contributed by atoms with Crippen LogP contribution in [0.15, 0.2) is 243 Å². The normalized spacial score (nSPS) is 11.1. The van der Waals surface area contributed by atoms with Gasteiger partial charge in [-0.2, -0.15) is 0 Å². The highest BCUT2D eigenvalue weighted by Crippen LogP contribution is 2.40. The van der Waals surface area contributed by atoms with Crippen molar-refractivity contribution in [2.24, 2.45) is 0 Å². The Morgan fingerprint density at radius 1 is 0.172 bits per heavy atom. The molecule has 0 aliphatic rings. The van der Waals surface area contributed by atoms with Gasteiger partial charge >= 0.3 is 0 Å². The minimum atomic E-state index is 1.10. The van der Waals surface area contributed by atoms with E-state index in [2.05, 4.69) is 252 Å². The predicted molar refractivity (Wildman–Crippen MR) is 247 cm³/mol. The Labute approximate surface area is 340 Å². The van der Waals surface area contributed by atoms with E-state index in [0.29, 0.717) is 0 Å². The van der Waals surface area contributed by atoms with Crippen molar-refractivity contribution in [1.29, 1.82) is 0 Å². The summed E-state index contributed by atoms with van der Waals surface area (Å²) in [5.74, 6) is 0. The number of fused-ring (bicyclic) bond motifs is 2. The quantitative estimate of drug-likeness (QED) is 0.145. The van der Waals surface area contributed by atoms with Crippen LogP contribution < -0.4 is 9.80 Å². The first-order valence-corrected chi connectivity index (χ1v) is 19.8. The molecule has 2 heteroatoms. The summed E-state index contributed by atoms with van der Waals surface area (Å²) < 4.78 is 0. The van der Waals surface area contributed by atoms with Crippen LogP contribution >= 0.6 is 0 Å². The van der Waals surface area contributed by atoms with E-state index in [-0.39, 0.29) is 0 Å². The molecular weight excluding hydrogens is 701 g/mol. The van der Waals surface area contributed by atoms with Crippen molar-refractivity contribution in [2.45, 2.75) is 0 Å². The summed E-state index contributed by atoms with van der Waals surface area (Å²) in [6.45, 7) is 0. The summed E-state index contributed by atoms with van der Waals surface area (Å²) in [5.41, 5.74) is 13.8. The molecule has 10 aromatic rings. The average Bonchev–Trinajstić information content (AvgIpc) is 3.30. The molecular formula is C56H40N2. The van der Waals surface area contributed by atoms with E-state index in [1.54, 1.807) is 0 Å². The van der Waals surface area contributed by atoms with Crippen LogP contribution in [0.2, 0.25) is 0 Å². The van der Waals surface area contributed by atoms with Crippen molar-refractivity contribution in [3.63, 3.8) is 0 Å². The number of rotatable bonds is 9. The molecule has 0 radical (unpaired) electrons. The largest absolute Gasteiger partial charge is 0.310 e. The second-order valence-corrected chi connectivity index (χ2v) is 14.7. The highest BCUT2D eigenvalue weighted by molar-refractivity contribution is 5.91. The molecule has 2 nitrogen and oxygen atoms in total. The fraction of sp³-hybridized carbons (Fsp3) is 0. The second kappa shape index (κ2) is 15.5. The third kappa shape index (κ3) is 7.00. The van der Waals surface area contributed by atoms with E-state index in [1.807, 2.05) is 0 Å².